The maximum Gasteiger partial charge on any atom is 0.311 e. The zero-order valence-corrected chi connectivity index (χ0v) is 21.9. The van der Waals surface area contributed by atoms with Crippen LogP contribution >= 0.6 is 11.6 Å². The van der Waals surface area contributed by atoms with Crippen molar-refractivity contribution in [3.63, 3.8) is 0 Å². The minimum Gasteiger partial charge on any atom is -0.424 e. The van der Waals surface area contributed by atoms with Crippen molar-refractivity contribution < 1.29 is 29.3 Å². The van der Waals surface area contributed by atoms with Gasteiger partial charge >= 0.3 is 5.97 Å². The first-order valence-electron chi connectivity index (χ1n) is 11.6. The molecule has 1 aromatic heterocycles. The quantitative estimate of drug-likeness (QED) is 0.210. The van der Waals surface area contributed by atoms with Gasteiger partial charge in [-0.25, -0.2) is 5.21 Å². The van der Waals surface area contributed by atoms with Crippen molar-refractivity contribution in [2.45, 2.75) is 65.7 Å². The van der Waals surface area contributed by atoms with Crippen LogP contribution in [0.1, 0.15) is 69.0 Å². The smallest absolute Gasteiger partial charge is 0.311 e. The first-order chi connectivity index (χ1) is 16.5. The maximum absolute atomic E-state index is 12.6. The lowest BCUT2D eigenvalue weighted by molar-refractivity contribution is -0.946. The molecule has 1 aliphatic rings. The largest absolute Gasteiger partial charge is 0.424 e. The van der Waals surface area contributed by atoms with Crippen molar-refractivity contribution in [1.82, 2.24) is 9.99 Å². The number of carbonyl (C=O) groups is 1. The molecular formula is C25H34ClN4O5+. The summed E-state index contributed by atoms with van der Waals surface area (Å²) in [5, 5.41) is 15.8. The van der Waals surface area contributed by atoms with Crippen LogP contribution in [0.25, 0.3) is 0 Å². The standard InChI is InChI=1S/C25H34ClN4O5/c1-16(14-34-28-30(32)29(6)25(3,4)5)7-12-22(31)35-23-17(2)27-13-20-21(23)15-33-24(20)18-8-10-19(26)11-9-18/h8-11,13,16,24H,7,12,14-15H2,1-6H3,(H,28,32)/q+1/t16?,24-/m0/s1. The summed E-state index contributed by atoms with van der Waals surface area (Å²) >= 11 is 6.01. The maximum atomic E-state index is 12.6. The third-order valence-electron chi connectivity index (χ3n) is 5.98. The van der Waals surface area contributed by atoms with Crippen LogP contribution < -0.4 is 4.74 Å². The molecule has 3 rings (SSSR count). The lowest BCUT2D eigenvalue weighted by atomic mass is 10.00. The first kappa shape index (κ1) is 26.7. The van der Waals surface area contributed by atoms with Gasteiger partial charge in [0, 0.05) is 28.8 Å². The predicted octanol–water partition coefficient (Wildman–Crippen LogP) is 5.42. The molecule has 1 unspecified atom stereocenters. The average Bonchev–Trinajstić information content (AvgIpc) is 3.23. The molecule has 2 heterocycles. The first-order valence-corrected chi connectivity index (χ1v) is 12.0. The van der Waals surface area contributed by atoms with E-state index in [1.165, 1.54) is 5.01 Å². The van der Waals surface area contributed by atoms with E-state index in [9.17, 15) is 10.0 Å². The van der Waals surface area contributed by atoms with Crippen molar-refractivity contribution in [3.8, 4) is 5.75 Å². The Morgan fingerprint density at radius 3 is 2.71 bits per heavy atom. The van der Waals surface area contributed by atoms with Crippen LogP contribution in [0.3, 0.4) is 0 Å². The molecule has 2 atom stereocenters. The molecular weight excluding hydrogens is 472 g/mol. The minimum atomic E-state index is -0.349. The number of esters is 1. The number of aryl methyl sites for hydroxylation is 1. The summed E-state index contributed by atoms with van der Waals surface area (Å²) in [6, 6.07) is 7.47. The van der Waals surface area contributed by atoms with Crippen molar-refractivity contribution in [3.05, 3.63) is 57.9 Å². The molecule has 0 bridgehead atoms. The fraction of sp³-hybridized carbons (Fsp3) is 0.520. The molecule has 0 spiro atoms. The Morgan fingerprint density at radius 2 is 2.06 bits per heavy atom. The SMILES string of the molecule is Cc1ncc2c(c1OC(=O)CCC(C)CO/N=[N+](\O)N(C)C(C)(C)C)CO[C@H]2c1ccc(Cl)cc1. The normalized spacial score (nSPS) is 16.5. The highest BCUT2D eigenvalue weighted by Crippen LogP contribution is 2.41. The summed E-state index contributed by atoms with van der Waals surface area (Å²) < 4.78 is 11.7. The average molecular weight is 506 g/mol. The fourth-order valence-corrected chi connectivity index (χ4v) is 3.61. The fourth-order valence-electron chi connectivity index (χ4n) is 3.48. The predicted molar refractivity (Wildman–Crippen MR) is 129 cm³/mol. The van der Waals surface area contributed by atoms with Crippen molar-refractivity contribution >= 4 is 17.6 Å². The molecule has 2 aromatic rings. The number of hydrogen-bond acceptors (Lipinski definition) is 6. The Hall–Kier alpha value is -2.91. The Kier molecular flexibility index (Phi) is 8.56. The van der Waals surface area contributed by atoms with Crippen molar-refractivity contribution in [1.29, 1.82) is 0 Å². The molecule has 1 aliphatic heterocycles. The van der Waals surface area contributed by atoms with Gasteiger partial charge in [0.2, 0.25) is 0 Å². The number of ether oxygens (including phenoxy) is 2. The number of hydrogen-bond donors (Lipinski definition) is 1. The lowest BCUT2D eigenvalue weighted by Gasteiger charge is -2.21. The van der Waals surface area contributed by atoms with Gasteiger partial charge in [0.25, 0.3) is 10.2 Å². The Balaban J connectivity index is 1.56. The third-order valence-corrected chi connectivity index (χ3v) is 6.24. The van der Waals surface area contributed by atoms with E-state index in [-0.39, 0.29) is 36.6 Å². The van der Waals surface area contributed by atoms with Crippen molar-refractivity contribution in [2.75, 3.05) is 13.7 Å². The number of fused-ring (bicyclic) bond motifs is 1. The second-order valence-corrected chi connectivity index (χ2v) is 10.2. The number of benzene rings is 1. The highest BCUT2D eigenvalue weighted by molar-refractivity contribution is 6.30. The van der Waals surface area contributed by atoms with Gasteiger partial charge in [0.1, 0.15) is 12.7 Å². The Labute approximate surface area is 211 Å². The van der Waals surface area contributed by atoms with Crippen LogP contribution in [0.4, 0.5) is 0 Å². The second-order valence-electron chi connectivity index (χ2n) is 9.81. The summed E-state index contributed by atoms with van der Waals surface area (Å²) in [4.78, 5) is 23.0. The van der Waals surface area contributed by atoms with Gasteiger partial charge < -0.3 is 14.3 Å². The Morgan fingerprint density at radius 1 is 1.37 bits per heavy atom. The molecule has 0 fully saturated rings. The molecule has 9 nitrogen and oxygen atoms in total. The van der Waals surface area contributed by atoms with Gasteiger partial charge in [-0.3, -0.25) is 9.78 Å². The number of halogens is 1. The molecule has 190 valence electrons. The van der Waals surface area contributed by atoms with E-state index in [1.54, 1.807) is 13.2 Å². The zero-order valence-electron chi connectivity index (χ0n) is 21.1. The molecule has 1 aromatic carbocycles. The number of nitrogens with zero attached hydrogens (tertiary/aromatic N) is 4. The van der Waals surface area contributed by atoms with Crippen LogP contribution in [0.15, 0.2) is 35.7 Å². The molecule has 35 heavy (non-hydrogen) atoms. The van der Waals surface area contributed by atoms with Crippen LogP contribution in [0.2, 0.25) is 5.02 Å². The van der Waals surface area contributed by atoms with E-state index in [4.69, 9.17) is 25.9 Å². The minimum absolute atomic E-state index is 0.0259. The molecule has 10 heteroatoms. The van der Waals surface area contributed by atoms with Crippen molar-refractivity contribution in [2.24, 2.45) is 11.2 Å². The van der Waals surface area contributed by atoms with E-state index in [0.29, 0.717) is 34.5 Å². The number of rotatable bonds is 9. The molecule has 0 amide bonds. The van der Waals surface area contributed by atoms with Crippen LogP contribution in [0.5, 0.6) is 5.75 Å². The van der Waals surface area contributed by atoms with Gasteiger partial charge in [0.15, 0.2) is 5.75 Å². The van der Waals surface area contributed by atoms with Gasteiger partial charge in [0.05, 0.1) is 24.9 Å². The third kappa shape index (κ3) is 6.82. The summed E-state index contributed by atoms with van der Waals surface area (Å²) in [7, 11) is 1.70. The van der Waals surface area contributed by atoms with E-state index < -0.39 is 0 Å². The van der Waals surface area contributed by atoms with Gasteiger partial charge in [-0.05, 0) is 57.7 Å². The van der Waals surface area contributed by atoms with Crippen LogP contribution in [-0.4, -0.2) is 45.3 Å². The van der Waals surface area contributed by atoms with E-state index >= 15 is 0 Å². The summed E-state index contributed by atoms with van der Waals surface area (Å²) in [6.45, 7) is 10.1. The van der Waals surface area contributed by atoms with Gasteiger partial charge in [-0.2, -0.15) is 0 Å². The number of pyridine rings is 1. The Bertz CT molecular complexity index is 1070. The highest BCUT2D eigenvalue weighted by Gasteiger charge is 2.30. The van der Waals surface area contributed by atoms with Gasteiger partial charge in [-0.15, -0.1) is 5.01 Å². The molecule has 0 aliphatic carbocycles. The summed E-state index contributed by atoms with van der Waals surface area (Å²) in [5.74, 6) is 0.139. The molecule has 0 saturated carbocycles. The summed E-state index contributed by atoms with van der Waals surface area (Å²) in [6.07, 6.45) is 2.25. The lowest BCUT2D eigenvalue weighted by Crippen LogP contribution is -2.43. The molecule has 0 saturated heterocycles. The van der Waals surface area contributed by atoms with Gasteiger partial charge in [-0.1, -0.05) is 30.7 Å². The second kappa shape index (κ2) is 11.2. The number of aromatic nitrogens is 1. The number of hydrazine groups is 1. The van der Waals surface area contributed by atoms with Crippen LogP contribution in [-0.2, 0) is 21.0 Å². The van der Waals surface area contributed by atoms with E-state index in [2.05, 4.69) is 10.3 Å². The summed E-state index contributed by atoms with van der Waals surface area (Å²) in [5.41, 5.74) is 3.01. The monoisotopic (exact) mass is 505 g/mol. The molecule has 0 radical (unpaired) electrons. The highest BCUT2D eigenvalue weighted by atomic mass is 35.5. The van der Waals surface area contributed by atoms with E-state index in [1.807, 2.05) is 58.9 Å². The topological polar surface area (TPSA) is 96.5 Å². The number of carbonyl (C=O) groups excluding carboxylic acids is 1. The molecule has 1 N–H and O–H groups in total. The van der Waals surface area contributed by atoms with E-state index in [0.717, 1.165) is 16.7 Å². The van der Waals surface area contributed by atoms with Crippen LogP contribution in [0, 0.1) is 12.8 Å². The zero-order chi connectivity index (χ0) is 25.8.